The van der Waals surface area contributed by atoms with Crippen molar-refractivity contribution in [2.45, 2.75) is 45.4 Å². The molecular weight excluding hydrogens is 259 g/mol. The minimum absolute atomic E-state index is 0.286. The van der Waals surface area contributed by atoms with Crippen LogP contribution in [0.2, 0.25) is 0 Å². The number of hydrogen-bond donors (Lipinski definition) is 2. The van der Waals surface area contributed by atoms with Crippen LogP contribution in [0.1, 0.15) is 45.4 Å². The van der Waals surface area contributed by atoms with Gasteiger partial charge >= 0.3 is 0 Å². The first-order valence-corrected chi connectivity index (χ1v) is 7.44. The van der Waals surface area contributed by atoms with Crippen molar-refractivity contribution in [1.82, 2.24) is 5.32 Å². The Hall–Kier alpha value is -1.16. The van der Waals surface area contributed by atoms with E-state index in [0.29, 0.717) is 10.8 Å². The van der Waals surface area contributed by atoms with E-state index in [4.69, 9.17) is 12.2 Å². The van der Waals surface area contributed by atoms with E-state index >= 15 is 0 Å². The average molecular weight is 282 g/mol. The van der Waals surface area contributed by atoms with E-state index in [9.17, 15) is 4.39 Å². The lowest BCUT2D eigenvalue weighted by atomic mass is 10.1. The summed E-state index contributed by atoms with van der Waals surface area (Å²) in [7, 11) is 0. The van der Waals surface area contributed by atoms with Crippen LogP contribution in [0.15, 0.2) is 24.3 Å². The number of anilines is 1. The smallest absolute Gasteiger partial charge is 0.170 e. The summed E-state index contributed by atoms with van der Waals surface area (Å²) < 4.78 is 13.4. The maximum atomic E-state index is 13.4. The first-order valence-electron chi connectivity index (χ1n) is 7.03. The summed E-state index contributed by atoms with van der Waals surface area (Å²) in [5.74, 6) is -0.286. The molecule has 1 aromatic carbocycles. The van der Waals surface area contributed by atoms with Crippen molar-refractivity contribution >= 4 is 23.0 Å². The van der Waals surface area contributed by atoms with Gasteiger partial charge in [-0.25, -0.2) is 4.39 Å². The molecule has 0 aliphatic rings. The molecule has 19 heavy (non-hydrogen) atoms. The zero-order valence-corrected chi connectivity index (χ0v) is 12.4. The second-order valence-corrected chi connectivity index (χ2v) is 5.04. The van der Waals surface area contributed by atoms with E-state index < -0.39 is 0 Å². The number of hydrogen-bond acceptors (Lipinski definition) is 1. The SMILES string of the molecule is CCCCCCCCNC(=S)Nc1ccccc1F. The van der Waals surface area contributed by atoms with E-state index in [2.05, 4.69) is 17.6 Å². The molecule has 0 aliphatic heterocycles. The summed E-state index contributed by atoms with van der Waals surface area (Å²) in [6, 6.07) is 6.53. The predicted molar refractivity (Wildman–Crippen MR) is 84.0 cm³/mol. The summed E-state index contributed by atoms with van der Waals surface area (Å²) in [6.45, 7) is 3.06. The van der Waals surface area contributed by atoms with Crippen LogP contribution in [-0.4, -0.2) is 11.7 Å². The quantitative estimate of drug-likeness (QED) is 0.543. The number of benzene rings is 1. The zero-order chi connectivity index (χ0) is 13.9. The van der Waals surface area contributed by atoms with Crippen molar-refractivity contribution in [3.63, 3.8) is 0 Å². The Balaban J connectivity index is 2.10. The van der Waals surface area contributed by atoms with Gasteiger partial charge in [0.25, 0.3) is 0 Å². The first kappa shape index (κ1) is 15.9. The Morgan fingerprint density at radius 2 is 1.79 bits per heavy atom. The molecule has 0 aromatic heterocycles. The Labute approximate surface area is 120 Å². The van der Waals surface area contributed by atoms with Gasteiger partial charge in [-0.05, 0) is 30.8 Å². The highest BCUT2D eigenvalue weighted by Gasteiger charge is 2.01. The molecule has 4 heteroatoms. The molecule has 0 heterocycles. The molecule has 0 saturated heterocycles. The molecule has 2 nitrogen and oxygen atoms in total. The second kappa shape index (κ2) is 9.73. The topological polar surface area (TPSA) is 24.1 Å². The Kier molecular flexibility index (Phi) is 8.14. The first-order chi connectivity index (χ1) is 9.24. The maximum absolute atomic E-state index is 13.4. The van der Waals surface area contributed by atoms with Gasteiger partial charge in [0.15, 0.2) is 5.11 Å². The summed E-state index contributed by atoms with van der Waals surface area (Å²) in [5, 5.41) is 6.45. The Bertz CT molecular complexity index is 382. The summed E-state index contributed by atoms with van der Waals surface area (Å²) in [6.07, 6.45) is 7.51. The van der Waals surface area contributed by atoms with Gasteiger partial charge in [-0.3, -0.25) is 0 Å². The van der Waals surface area contributed by atoms with E-state index in [0.717, 1.165) is 13.0 Å². The number of rotatable bonds is 8. The largest absolute Gasteiger partial charge is 0.362 e. The predicted octanol–water partition coefficient (Wildman–Crippen LogP) is 4.47. The van der Waals surface area contributed by atoms with Crippen molar-refractivity contribution in [1.29, 1.82) is 0 Å². The zero-order valence-electron chi connectivity index (χ0n) is 11.5. The molecule has 0 unspecified atom stereocenters. The monoisotopic (exact) mass is 282 g/mol. The highest BCUT2D eigenvalue weighted by Crippen LogP contribution is 2.11. The molecule has 0 bridgehead atoms. The van der Waals surface area contributed by atoms with Crippen LogP contribution in [0.4, 0.5) is 10.1 Å². The van der Waals surface area contributed by atoms with Gasteiger partial charge in [0.2, 0.25) is 0 Å². The highest BCUT2D eigenvalue weighted by atomic mass is 32.1. The minimum atomic E-state index is -0.286. The second-order valence-electron chi connectivity index (χ2n) is 4.63. The molecule has 0 radical (unpaired) electrons. The van der Waals surface area contributed by atoms with Crippen LogP contribution in [0, 0.1) is 5.82 Å². The van der Waals surface area contributed by atoms with Crippen LogP contribution in [0.3, 0.4) is 0 Å². The fourth-order valence-electron chi connectivity index (χ4n) is 1.84. The molecule has 1 rings (SSSR count). The maximum Gasteiger partial charge on any atom is 0.170 e. The third-order valence-corrected chi connectivity index (χ3v) is 3.18. The van der Waals surface area contributed by atoms with Crippen LogP contribution < -0.4 is 10.6 Å². The number of halogens is 1. The van der Waals surface area contributed by atoms with Crippen molar-refractivity contribution in [2.24, 2.45) is 0 Å². The molecule has 106 valence electrons. The van der Waals surface area contributed by atoms with Gasteiger partial charge in [0.1, 0.15) is 5.82 Å². The normalized spacial score (nSPS) is 10.2. The molecular formula is C15H23FN2S. The van der Waals surface area contributed by atoms with Gasteiger partial charge in [0.05, 0.1) is 5.69 Å². The molecule has 0 amide bonds. The third-order valence-electron chi connectivity index (χ3n) is 2.94. The molecule has 0 aliphatic carbocycles. The summed E-state index contributed by atoms with van der Waals surface area (Å²) in [4.78, 5) is 0. The van der Waals surface area contributed by atoms with Gasteiger partial charge in [-0.1, -0.05) is 51.2 Å². The number of para-hydroxylation sites is 1. The van der Waals surface area contributed by atoms with Crippen LogP contribution in [0.25, 0.3) is 0 Å². The van der Waals surface area contributed by atoms with E-state index in [1.807, 2.05) is 0 Å². The number of thiocarbonyl (C=S) groups is 1. The number of unbranched alkanes of at least 4 members (excludes halogenated alkanes) is 5. The molecule has 2 N–H and O–H groups in total. The molecule has 0 spiro atoms. The lowest BCUT2D eigenvalue weighted by Crippen LogP contribution is -2.29. The Morgan fingerprint density at radius 1 is 1.11 bits per heavy atom. The Morgan fingerprint density at radius 3 is 2.53 bits per heavy atom. The fourth-order valence-corrected chi connectivity index (χ4v) is 2.05. The van der Waals surface area contributed by atoms with Crippen molar-refractivity contribution in [3.05, 3.63) is 30.1 Å². The van der Waals surface area contributed by atoms with Crippen molar-refractivity contribution < 1.29 is 4.39 Å². The van der Waals surface area contributed by atoms with Gasteiger partial charge in [0, 0.05) is 6.54 Å². The van der Waals surface area contributed by atoms with Gasteiger partial charge in [-0.15, -0.1) is 0 Å². The van der Waals surface area contributed by atoms with E-state index in [1.165, 1.54) is 38.2 Å². The molecule has 0 atom stereocenters. The fraction of sp³-hybridized carbons (Fsp3) is 0.533. The molecule has 1 aromatic rings. The standard InChI is InChI=1S/C15H23FN2S/c1-2-3-4-5-6-9-12-17-15(19)18-14-11-8-7-10-13(14)16/h7-8,10-11H,2-6,9,12H2,1H3,(H2,17,18,19). The molecule has 0 fully saturated rings. The highest BCUT2D eigenvalue weighted by molar-refractivity contribution is 7.80. The third kappa shape index (κ3) is 7.11. The van der Waals surface area contributed by atoms with Crippen LogP contribution in [-0.2, 0) is 0 Å². The lowest BCUT2D eigenvalue weighted by Gasteiger charge is -2.10. The summed E-state index contributed by atoms with van der Waals surface area (Å²) >= 11 is 5.13. The van der Waals surface area contributed by atoms with Crippen LogP contribution >= 0.6 is 12.2 Å². The van der Waals surface area contributed by atoms with Crippen molar-refractivity contribution in [3.8, 4) is 0 Å². The average Bonchev–Trinajstić information content (AvgIpc) is 2.40. The van der Waals surface area contributed by atoms with E-state index in [-0.39, 0.29) is 5.82 Å². The van der Waals surface area contributed by atoms with Crippen LogP contribution in [0.5, 0.6) is 0 Å². The lowest BCUT2D eigenvalue weighted by molar-refractivity contribution is 0.602. The minimum Gasteiger partial charge on any atom is -0.362 e. The van der Waals surface area contributed by atoms with Gasteiger partial charge < -0.3 is 10.6 Å². The molecule has 0 saturated carbocycles. The number of nitrogens with one attached hydrogen (secondary N) is 2. The van der Waals surface area contributed by atoms with E-state index in [1.54, 1.807) is 18.2 Å². The summed E-state index contributed by atoms with van der Waals surface area (Å²) in [5.41, 5.74) is 0.419. The van der Waals surface area contributed by atoms with Gasteiger partial charge in [-0.2, -0.15) is 0 Å². The van der Waals surface area contributed by atoms with Crippen molar-refractivity contribution in [2.75, 3.05) is 11.9 Å².